The highest BCUT2D eigenvalue weighted by atomic mass is 16.5. The number of carbonyl (C=O) groups excluding carboxylic acids is 1. The van der Waals surface area contributed by atoms with Crippen molar-refractivity contribution in [2.45, 2.75) is 39.7 Å². The van der Waals surface area contributed by atoms with Crippen LogP contribution in [0, 0.1) is 6.92 Å². The van der Waals surface area contributed by atoms with Crippen LogP contribution in [0.25, 0.3) is 5.57 Å². The number of hydrogen-bond donors (Lipinski definition) is 0. The topological polar surface area (TPSA) is 51.7 Å². The fraction of sp³-hybridized carbons (Fsp3) is 0.417. The molecule has 0 amide bonds. The highest BCUT2D eigenvalue weighted by Gasteiger charge is 2.25. The maximum atomic E-state index is 11.7. The first kappa shape index (κ1) is 19.6. The van der Waals surface area contributed by atoms with Crippen molar-refractivity contribution < 1.29 is 14.3 Å². The number of piperidine rings is 1. The Morgan fingerprint density at radius 2 is 2.03 bits per heavy atom. The Balaban J connectivity index is 1.61. The number of nitrogens with zero attached hydrogens (tertiary/aromatic N) is 2. The van der Waals surface area contributed by atoms with Gasteiger partial charge in [-0.2, -0.15) is 0 Å². The van der Waals surface area contributed by atoms with Gasteiger partial charge in [-0.05, 0) is 50.0 Å². The Morgan fingerprint density at radius 1 is 1.21 bits per heavy atom. The highest BCUT2D eigenvalue weighted by Crippen LogP contribution is 2.40. The molecule has 3 heterocycles. The van der Waals surface area contributed by atoms with Crippen molar-refractivity contribution in [1.82, 2.24) is 9.88 Å². The molecular formula is C24H28N2O3. The van der Waals surface area contributed by atoms with E-state index in [9.17, 15) is 4.79 Å². The van der Waals surface area contributed by atoms with Crippen LogP contribution in [0.15, 0.2) is 42.1 Å². The summed E-state index contributed by atoms with van der Waals surface area (Å²) in [4.78, 5) is 18.6. The van der Waals surface area contributed by atoms with Crippen LogP contribution in [0.3, 0.4) is 0 Å². The molecule has 1 aromatic heterocycles. The van der Waals surface area contributed by atoms with E-state index >= 15 is 0 Å². The van der Waals surface area contributed by atoms with Crippen LogP contribution in [-0.2, 0) is 16.1 Å². The number of likely N-dealkylation sites (tertiary alicyclic amines) is 1. The smallest absolute Gasteiger partial charge is 0.307 e. The molecular weight excluding hydrogens is 364 g/mol. The molecule has 0 radical (unpaired) electrons. The van der Waals surface area contributed by atoms with Crippen molar-refractivity contribution in [2.75, 3.05) is 26.2 Å². The van der Waals surface area contributed by atoms with Crippen LogP contribution in [-0.4, -0.2) is 42.1 Å². The van der Waals surface area contributed by atoms with E-state index in [-0.39, 0.29) is 5.97 Å². The molecule has 5 heteroatoms. The summed E-state index contributed by atoms with van der Waals surface area (Å²) >= 11 is 0. The van der Waals surface area contributed by atoms with Gasteiger partial charge in [-0.25, -0.2) is 0 Å². The standard InChI is InChI=1S/C24H28N2O3/c1-3-28-23(27)10-14-26-12-8-18(9-13-26)24-19-5-4-11-25-21(19)16-29-22-15-17(2)6-7-20(22)24/h4-7,11,15H,3,8-10,12-14,16H2,1-2H3. The first-order valence-corrected chi connectivity index (χ1v) is 10.4. The number of hydrogen-bond acceptors (Lipinski definition) is 5. The zero-order valence-corrected chi connectivity index (χ0v) is 17.2. The second-order valence-corrected chi connectivity index (χ2v) is 7.66. The molecule has 29 heavy (non-hydrogen) atoms. The number of aryl methyl sites for hydroxylation is 1. The number of aromatic nitrogens is 1. The van der Waals surface area contributed by atoms with Crippen molar-refractivity contribution in [3.05, 3.63) is 64.5 Å². The number of pyridine rings is 1. The average Bonchev–Trinajstić information content (AvgIpc) is 2.89. The van der Waals surface area contributed by atoms with E-state index in [1.807, 2.05) is 19.2 Å². The van der Waals surface area contributed by atoms with Crippen molar-refractivity contribution in [1.29, 1.82) is 0 Å². The van der Waals surface area contributed by atoms with Gasteiger partial charge in [-0.3, -0.25) is 9.78 Å². The van der Waals surface area contributed by atoms with Crippen molar-refractivity contribution >= 4 is 11.5 Å². The van der Waals surface area contributed by atoms with E-state index in [4.69, 9.17) is 9.47 Å². The summed E-state index contributed by atoms with van der Waals surface area (Å²) in [6.07, 6.45) is 4.27. The third-order valence-corrected chi connectivity index (χ3v) is 5.68. The molecule has 1 saturated heterocycles. The Bertz CT molecular complexity index is 925. The summed E-state index contributed by atoms with van der Waals surface area (Å²) in [5.74, 6) is 0.831. The van der Waals surface area contributed by atoms with Gasteiger partial charge in [0.25, 0.3) is 0 Å². The fourth-order valence-electron chi connectivity index (χ4n) is 4.19. The van der Waals surface area contributed by atoms with E-state index in [2.05, 4.69) is 41.1 Å². The van der Waals surface area contributed by atoms with Crippen LogP contribution in [0.4, 0.5) is 0 Å². The van der Waals surface area contributed by atoms with Crippen molar-refractivity contribution in [3.8, 4) is 5.75 Å². The molecule has 2 aliphatic rings. The van der Waals surface area contributed by atoms with Crippen LogP contribution >= 0.6 is 0 Å². The van der Waals surface area contributed by atoms with Crippen molar-refractivity contribution in [2.24, 2.45) is 0 Å². The zero-order chi connectivity index (χ0) is 20.2. The normalized spacial score (nSPS) is 16.5. The third-order valence-electron chi connectivity index (χ3n) is 5.68. The number of ether oxygens (including phenoxy) is 2. The van der Waals surface area contributed by atoms with E-state index < -0.39 is 0 Å². The van der Waals surface area contributed by atoms with Crippen LogP contribution in [0.5, 0.6) is 5.75 Å². The number of carbonyl (C=O) groups is 1. The maximum Gasteiger partial charge on any atom is 0.307 e. The molecule has 1 aromatic carbocycles. The molecule has 2 aliphatic heterocycles. The number of benzene rings is 1. The summed E-state index contributed by atoms with van der Waals surface area (Å²) < 4.78 is 11.2. The minimum Gasteiger partial charge on any atom is -0.487 e. The molecule has 152 valence electrons. The minimum atomic E-state index is -0.109. The first-order valence-electron chi connectivity index (χ1n) is 10.4. The third kappa shape index (κ3) is 4.35. The molecule has 1 fully saturated rings. The largest absolute Gasteiger partial charge is 0.487 e. The molecule has 0 aliphatic carbocycles. The monoisotopic (exact) mass is 392 g/mol. The second kappa shape index (κ2) is 8.78. The molecule has 0 bridgehead atoms. The zero-order valence-electron chi connectivity index (χ0n) is 17.2. The van der Waals surface area contributed by atoms with Gasteiger partial charge in [0, 0.05) is 37.0 Å². The number of esters is 1. The van der Waals surface area contributed by atoms with Crippen molar-refractivity contribution in [3.63, 3.8) is 0 Å². The van der Waals surface area contributed by atoms with E-state index in [0.717, 1.165) is 49.5 Å². The predicted molar refractivity (Wildman–Crippen MR) is 113 cm³/mol. The Kier molecular flexibility index (Phi) is 5.95. The highest BCUT2D eigenvalue weighted by molar-refractivity contribution is 5.86. The lowest BCUT2D eigenvalue weighted by Crippen LogP contribution is -2.33. The fourth-order valence-corrected chi connectivity index (χ4v) is 4.19. The predicted octanol–water partition coefficient (Wildman–Crippen LogP) is 4.13. The molecule has 0 saturated carbocycles. The summed E-state index contributed by atoms with van der Waals surface area (Å²) in [6, 6.07) is 10.6. The summed E-state index contributed by atoms with van der Waals surface area (Å²) in [5, 5.41) is 0. The lowest BCUT2D eigenvalue weighted by Gasteiger charge is -2.30. The lowest BCUT2D eigenvalue weighted by atomic mass is 9.87. The van der Waals surface area contributed by atoms with Gasteiger partial charge in [0.1, 0.15) is 12.4 Å². The molecule has 0 N–H and O–H groups in total. The number of rotatable bonds is 4. The number of fused-ring (bicyclic) bond motifs is 2. The van der Waals surface area contributed by atoms with Crippen LogP contribution < -0.4 is 4.74 Å². The van der Waals surface area contributed by atoms with Gasteiger partial charge in [-0.1, -0.05) is 23.8 Å². The Morgan fingerprint density at radius 3 is 2.83 bits per heavy atom. The van der Waals surface area contributed by atoms with Gasteiger partial charge in [0.15, 0.2) is 0 Å². The molecule has 0 spiro atoms. The van der Waals surface area contributed by atoms with Crippen LogP contribution in [0.1, 0.15) is 48.6 Å². The average molecular weight is 392 g/mol. The Labute approximate surface area is 172 Å². The molecule has 0 atom stereocenters. The molecule has 4 rings (SSSR count). The maximum absolute atomic E-state index is 11.7. The van der Waals surface area contributed by atoms with E-state index in [1.54, 1.807) is 0 Å². The Hall–Kier alpha value is -2.66. The van der Waals surface area contributed by atoms with E-state index in [0.29, 0.717) is 19.6 Å². The van der Waals surface area contributed by atoms with E-state index in [1.165, 1.54) is 22.3 Å². The summed E-state index contributed by atoms with van der Waals surface area (Å²) in [7, 11) is 0. The second-order valence-electron chi connectivity index (χ2n) is 7.66. The van der Waals surface area contributed by atoms with Gasteiger partial charge in [0.2, 0.25) is 0 Å². The summed E-state index contributed by atoms with van der Waals surface area (Å²) in [5.41, 5.74) is 7.27. The van der Waals surface area contributed by atoms with Crippen LogP contribution in [0.2, 0.25) is 0 Å². The first-order chi connectivity index (χ1) is 14.2. The molecule has 2 aromatic rings. The van der Waals surface area contributed by atoms with Gasteiger partial charge >= 0.3 is 5.97 Å². The van der Waals surface area contributed by atoms with Gasteiger partial charge in [0.05, 0.1) is 18.7 Å². The SMILES string of the molecule is CCOC(=O)CCN1CCC(=C2c3ccc(C)cc3OCc3ncccc32)CC1. The van der Waals surface area contributed by atoms with Gasteiger partial charge in [-0.15, -0.1) is 0 Å². The summed E-state index contributed by atoms with van der Waals surface area (Å²) in [6.45, 7) is 7.55. The lowest BCUT2D eigenvalue weighted by molar-refractivity contribution is -0.143. The van der Waals surface area contributed by atoms with Gasteiger partial charge < -0.3 is 14.4 Å². The minimum absolute atomic E-state index is 0.109. The molecule has 0 unspecified atom stereocenters. The quantitative estimate of drug-likeness (QED) is 0.732. The molecule has 5 nitrogen and oxygen atoms in total.